The van der Waals surface area contributed by atoms with Crippen LogP contribution in [0.15, 0.2) is 0 Å². The summed E-state index contributed by atoms with van der Waals surface area (Å²) in [6.45, 7) is 2.30. The van der Waals surface area contributed by atoms with Crippen molar-refractivity contribution >= 4 is 13.3 Å². The van der Waals surface area contributed by atoms with Crippen LogP contribution in [0.4, 0.5) is 0 Å². The molecule has 0 bridgehead atoms. The van der Waals surface area contributed by atoms with Crippen molar-refractivity contribution in [2.24, 2.45) is 0 Å². The summed E-state index contributed by atoms with van der Waals surface area (Å²) < 4.78 is 0. The Kier molecular flexibility index (Phi) is 19.7. The fraction of sp³-hybridized carbons (Fsp3) is 1.00. The summed E-state index contributed by atoms with van der Waals surface area (Å²) >= 11 is -1.23. The van der Waals surface area contributed by atoms with Crippen LogP contribution in [0.2, 0.25) is 22.5 Å². The predicted molar refractivity (Wildman–Crippen MR) is 122 cm³/mol. The van der Waals surface area contributed by atoms with Crippen LogP contribution in [0.1, 0.15) is 129 Å². The van der Waals surface area contributed by atoms with E-state index in [1.165, 1.54) is 122 Å². The third-order valence-corrected chi connectivity index (χ3v) is 9.42. The van der Waals surface area contributed by atoms with Gasteiger partial charge in [0.05, 0.1) is 0 Å². The molecule has 0 saturated carbocycles. The second-order valence-electron chi connectivity index (χ2n) is 9.67. The van der Waals surface area contributed by atoms with Gasteiger partial charge in [-0.2, -0.15) is 0 Å². The van der Waals surface area contributed by atoms with Crippen LogP contribution >= 0.6 is 0 Å². The number of rotatable bonds is 20. The molecule has 0 amide bonds. The van der Waals surface area contributed by atoms with Gasteiger partial charge in [0.15, 0.2) is 0 Å². The number of hydrogen-bond donors (Lipinski definition) is 0. The van der Waals surface area contributed by atoms with Gasteiger partial charge in [0.25, 0.3) is 0 Å². The van der Waals surface area contributed by atoms with Crippen molar-refractivity contribution in [2.45, 2.75) is 151 Å². The molecule has 152 valence electrons. The molecule has 0 N–H and O–H groups in total. The Balaban J connectivity index is 3.01. The van der Waals surface area contributed by atoms with E-state index in [4.69, 9.17) is 0 Å². The van der Waals surface area contributed by atoms with E-state index in [1.807, 2.05) is 0 Å². The van der Waals surface area contributed by atoms with Crippen molar-refractivity contribution in [1.82, 2.24) is 0 Å². The molecule has 0 rings (SSSR count). The molecule has 0 atom stereocenters. The average Bonchev–Trinajstić information content (AvgIpc) is 2.56. The maximum absolute atomic E-state index is 2.55. The molecule has 0 spiro atoms. The van der Waals surface area contributed by atoms with Crippen molar-refractivity contribution in [3.8, 4) is 0 Å². The second-order valence-corrected chi connectivity index (χ2v) is 21.5. The molecule has 0 fully saturated rings. The third-order valence-electron chi connectivity index (χ3n) is 5.53. The SMILES string of the molecule is CCCCCCCCCCCCCCCCCCCC[CH2][Ge]([CH3])([CH3])[CH3]. The second kappa shape index (κ2) is 19.3. The first-order chi connectivity index (χ1) is 12.1. The van der Waals surface area contributed by atoms with Gasteiger partial charge < -0.3 is 0 Å². The summed E-state index contributed by atoms with van der Waals surface area (Å²) in [4.78, 5) is 0. The molecule has 0 aromatic carbocycles. The van der Waals surface area contributed by atoms with Gasteiger partial charge in [-0.15, -0.1) is 0 Å². The predicted octanol–water partition coefficient (Wildman–Crippen LogP) is 9.76. The van der Waals surface area contributed by atoms with E-state index >= 15 is 0 Å². The molecule has 1 heteroatoms. The molecule has 0 saturated heterocycles. The molecule has 0 aromatic heterocycles. The van der Waals surface area contributed by atoms with Crippen LogP contribution in [0.5, 0.6) is 0 Å². The Hall–Kier alpha value is 0.543. The van der Waals surface area contributed by atoms with Gasteiger partial charge >= 0.3 is 106 Å². The Bertz CT molecular complexity index is 241. The normalized spacial score (nSPS) is 12.0. The summed E-state index contributed by atoms with van der Waals surface area (Å²) in [5, 5.41) is 1.58. The standard InChI is InChI=1S/C24H52Ge/c1-5-6-7-8-9-10-11-12-13-14-15-16-17-18-19-20-21-22-23-24-25(2,3)4/h5-24H2,1-4H3. The van der Waals surface area contributed by atoms with Gasteiger partial charge in [-0.3, -0.25) is 0 Å². The molecule has 0 radical (unpaired) electrons. The summed E-state index contributed by atoms with van der Waals surface area (Å²) in [5.41, 5.74) is 0. The van der Waals surface area contributed by atoms with E-state index in [1.54, 1.807) is 5.25 Å². The molecule has 0 unspecified atom stereocenters. The monoisotopic (exact) mass is 414 g/mol. The third kappa shape index (κ3) is 24.5. The Morgan fingerprint density at radius 1 is 0.360 bits per heavy atom. The van der Waals surface area contributed by atoms with Crippen molar-refractivity contribution in [3.63, 3.8) is 0 Å². The minimum atomic E-state index is -1.23. The summed E-state index contributed by atoms with van der Waals surface area (Å²) in [7, 11) is 0. The number of unbranched alkanes of at least 4 members (excludes halogenated alkanes) is 18. The van der Waals surface area contributed by atoms with Crippen LogP contribution in [0.25, 0.3) is 0 Å². The topological polar surface area (TPSA) is 0 Å². The van der Waals surface area contributed by atoms with Crippen molar-refractivity contribution < 1.29 is 0 Å². The Labute approximate surface area is 164 Å². The zero-order chi connectivity index (χ0) is 18.6. The van der Waals surface area contributed by atoms with Gasteiger partial charge in [0.2, 0.25) is 0 Å². The van der Waals surface area contributed by atoms with Crippen molar-refractivity contribution in [2.75, 3.05) is 0 Å². The molecule has 0 nitrogen and oxygen atoms in total. The first-order valence-electron chi connectivity index (χ1n) is 12.1. The molecule has 0 aliphatic heterocycles. The van der Waals surface area contributed by atoms with Gasteiger partial charge in [0.1, 0.15) is 0 Å². The zero-order valence-electron chi connectivity index (χ0n) is 18.6. The Morgan fingerprint density at radius 2 is 0.600 bits per heavy atom. The minimum absolute atomic E-state index is 1.23. The fourth-order valence-corrected chi connectivity index (χ4v) is 6.48. The van der Waals surface area contributed by atoms with E-state index < -0.39 is 13.3 Å². The van der Waals surface area contributed by atoms with Gasteiger partial charge in [-0.25, -0.2) is 0 Å². The zero-order valence-corrected chi connectivity index (χ0v) is 20.7. The number of hydrogen-bond acceptors (Lipinski definition) is 0. The van der Waals surface area contributed by atoms with E-state index in [2.05, 4.69) is 24.2 Å². The average molecular weight is 413 g/mol. The van der Waals surface area contributed by atoms with E-state index in [-0.39, 0.29) is 0 Å². The molecular weight excluding hydrogens is 361 g/mol. The van der Waals surface area contributed by atoms with Crippen LogP contribution in [0, 0.1) is 0 Å². The van der Waals surface area contributed by atoms with Crippen molar-refractivity contribution in [3.05, 3.63) is 0 Å². The van der Waals surface area contributed by atoms with Crippen LogP contribution < -0.4 is 0 Å². The van der Waals surface area contributed by atoms with Gasteiger partial charge in [-0.1, -0.05) is 58.3 Å². The quantitative estimate of drug-likeness (QED) is 0.138. The molecule has 0 heterocycles. The molecular formula is C24H52Ge. The molecule has 25 heavy (non-hydrogen) atoms. The summed E-state index contributed by atoms with van der Waals surface area (Å²) in [6, 6.07) is 0. The van der Waals surface area contributed by atoms with E-state index in [9.17, 15) is 0 Å². The van der Waals surface area contributed by atoms with E-state index in [0.29, 0.717) is 0 Å². The van der Waals surface area contributed by atoms with Crippen LogP contribution in [-0.2, 0) is 0 Å². The van der Waals surface area contributed by atoms with Crippen molar-refractivity contribution in [1.29, 1.82) is 0 Å². The maximum atomic E-state index is 2.55. The fourth-order valence-electron chi connectivity index (χ4n) is 3.73. The molecule has 0 aromatic rings. The first kappa shape index (κ1) is 25.5. The van der Waals surface area contributed by atoms with Crippen LogP contribution in [0.3, 0.4) is 0 Å². The van der Waals surface area contributed by atoms with E-state index in [0.717, 1.165) is 0 Å². The van der Waals surface area contributed by atoms with Gasteiger partial charge in [0, 0.05) is 0 Å². The summed E-state index contributed by atoms with van der Waals surface area (Å²) in [5.74, 6) is 7.65. The first-order valence-corrected chi connectivity index (χ1v) is 19.8. The van der Waals surface area contributed by atoms with Gasteiger partial charge in [-0.05, 0) is 0 Å². The molecule has 0 aliphatic carbocycles. The Morgan fingerprint density at radius 3 is 0.840 bits per heavy atom. The summed E-state index contributed by atoms with van der Waals surface area (Å²) in [6.07, 6.45) is 28.2. The van der Waals surface area contributed by atoms with Crippen LogP contribution in [-0.4, -0.2) is 13.3 Å². The molecule has 0 aliphatic rings.